The molecule has 1 N–H and O–H groups in total. The molecule has 0 bridgehead atoms. The van der Waals surface area contributed by atoms with Crippen molar-refractivity contribution in [1.29, 1.82) is 0 Å². The first-order valence-corrected chi connectivity index (χ1v) is 6.20. The highest BCUT2D eigenvalue weighted by molar-refractivity contribution is 7.14. The van der Waals surface area contributed by atoms with Crippen LogP contribution in [0.15, 0.2) is 6.20 Å². The lowest BCUT2D eigenvalue weighted by Gasteiger charge is -1.97. The first kappa shape index (κ1) is 12.4. The third-order valence-electron chi connectivity index (χ3n) is 2.37. The van der Waals surface area contributed by atoms with Crippen molar-refractivity contribution in [1.82, 2.24) is 20.0 Å². The average molecular weight is 264 g/mol. The Labute approximate surface area is 108 Å². The van der Waals surface area contributed by atoms with Crippen molar-refractivity contribution in [2.24, 2.45) is 0 Å². The highest BCUT2D eigenvalue weighted by atomic mass is 32.1. The first-order chi connectivity index (χ1) is 8.61. The van der Waals surface area contributed by atoms with E-state index >= 15 is 0 Å². The summed E-state index contributed by atoms with van der Waals surface area (Å²) < 4.78 is 1.78. The molecule has 0 spiro atoms. The Bertz CT molecular complexity index is 600. The van der Waals surface area contributed by atoms with E-state index in [-0.39, 0.29) is 4.88 Å². The maximum Gasteiger partial charge on any atom is 0.347 e. The molecule has 7 heteroatoms. The predicted octanol–water partition coefficient (Wildman–Crippen LogP) is 1.93. The maximum absolute atomic E-state index is 10.7. The quantitative estimate of drug-likeness (QED) is 0.912. The number of carbonyl (C=O) groups is 1. The second kappa shape index (κ2) is 5.09. The van der Waals surface area contributed by atoms with Gasteiger partial charge in [-0.3, -0.25) is 0 Å². The normalized spacial score (nSPS) is 11.2. The van der Waals surface area contributed by atoms with Crippen LogP contribution in [0.2, 0.25) is 0 Å². The summed E-state index contributed by atoms with van der Waals surface area (Å²) in [6.07, 6.45) is 4.98. The van der Waals surface area contributed by atoms with Gasteiger partial charge in [-0.05, 0) is 26.0 Å². The predicted molar refractivity (Wildman–Crippen MR) is 68.4 cm³/mol. The molecule has 18 heavy (non-hydrogen) atoms. The third-order valence-corrected chi connectivity index (χ3v) is 3.32. The molecule has 6 nitrogen and oxygen atoms in total. The van der Waals surface area contributed by atoms with Gasteiger partial charge in [-0.15, -0.1) is 16.4 Å². The fourth-order valence-electron chi connectivity index (χ4n) is 1.46. The third kappa shape index (κ3) is 2.45. The summed E-state index contributed by atoms with van der Waals surface area (Å²) in [5.41, 5.74) is 1.74. The Balaban J connectivity index is 2.24. The maximum atomic E-state index is 10.7. The fraction of sp³-hybridized carbons (Fsp3) is 0.273. The van der Waals surface area contributed by atoms with Crippen LogP contribution >= 0.6 is 11.3 Å². The molecular formula is C11H12N4O2S. The van der Waals surface area contributed by atoms with Crippen molar-refractivity contribution in [3.8, 4) is 0 Å². The summed E-state index contributed by atoms with van der Waals surface area (Å²) in [5.74, 6) is -0.955. The minimum absolute atomic E-state index is 0.230. The van der Waals surface area contributed by atoms with Gasteiger partial charge in [0, 0.05) is 6.54 Å². The number of hydrogen-bond donors (Lipinski definition) is 1. The smallest absolute Gasteiger partial charge is 0.347 e. The van der Waals surface area contributed by atoms with E-state index in [0.29, 0.717) is 5.01 Å². The van der Waals surface area contributed by atoms with Gasteiger partial charge in [-0.2, -0.15) is 0 Å². The summed E-state index contributed by atoms with van der Waals surface area (Å²) in [6, 6.07) is 0. The van der Waals surface area contributed by atoms with E-state index in [9.17, 15) is 4.79 Å². The molecular weight excluding hydrogens is 252 g/mol. The highest BCUT2D eigenvalue weighted by Gasteiger charge is 2.07. The van der Waals surface area contributed by atoms with E-state index in [4.69, 9.17) is 5.11 Å². The first-order valence-electron chi connectivity index (χ1n) is 5.39. The number of carboxylic acid groups (broad SMARTS) is 1. The lowest BCUT2D eigenvalue weighted by Crippen LogP contribution is -1.99. The van der Waals surface area contributed by atoms with Gasteiger partial charge in [0.05, 0.1) is 17.6 Å². The molecule has 0 saturated carbocycles. The molecule has 0 aromatic carbocycles. The molecule has 0 aliphatic carbocycles. The van der Waals surface area contributed by atoms with Crippen LogP contribution in [0.4, 0.5) is 0 Å². The Kier molecular flexibility index (Phi) is 3.52. The van der Waals surface area contributed by atoms with Crippen molar-refractivity contribution in [3.05, 3.63) is 27.5 Å². The van der Waals surface area contributed by atoms with E-state index < -0.39 is 5.97 Å². The zero-order chi connectivity index (χ0) is 13.1. The van der Waals surface area contributed by atoms with Gasteiger partial charge in [-0.1, -0.05) is 5.21 Å². The molecule has 0 aliphatic rings. The average Bonchev–Trinajstić information content (AvgIpc) is 2.93. The summed E-state index contributed by atoms with van der Waals surface area (Å²) in [4.78, 5) is 15.0. The van der Waals surface area contributed by atoms with E-state index in [0.717, 1.165) is 29.3 Å². The second-order valence-electron chi connectivity index (χ2n) is 3.58. The highest BCUT2D eigenvalue weighted by Crippen LogP contribution is 2.16. The van der Waals surface area contributed by atoms with Crippen LogP contribution in [0.3, 0.4) is 0 Å². The second-order valence-corrected chi connectivity index (χ2v) is 4.64. The van der Waals surface area contributed by atoms with E-state index in [1.165, 1.54) is 6.20 Å². The van der Waals surface area contributed by atoms with Gasteiger partial charge >= 0.3 is 5.97 Å². The van der Waals surface area contributed by atoms with E-state index in [1.807, 2.05) is 19.9 Å². The molecule has 2 aromatic rings. The molecule has 0 saturated heterocycles. The molecule has 2 aromatic heterocycles. The van der Waals surface area contributed by atoms with Gasteiger partial charge in [-0.25, -0.2) is 14.5 Å². The van der Waals surface area contributed by atoms with Crippen molar-refractivity contribution < 1.29 is 9.90 Å². The minimum atomic E-state index is -0.955. The molecule has 0 amide bonds. The molecule has 0 fully saturated rings. The SMILES string of the molecule is CCn1nnc(C)c1C=Cc1ncc(C(=O)O)s1. The lowest BCUT2D eigenvalue weighted by atomic mass is 10.3. The topological polar surface area (TPSA) is 80.9 Å². The summed E-state index contributed by atoms with van der Waals surface area (Å²) in [7, 11) is 0. The number of hydrogen-bond acceptors (Lipinski definition) is 5. The number of nitrogens with zero attached hydrogens (tertiary/aromatic N) is 4. The van der Waals surface area contributed by atoms with Crippen molar-refractivity contribution in [3.63, 3.8) is 0 Å². The van der Waals surface area contributed by atoms with Crippen molar-refractivity contribution >= 4 is 29.5 Å². The fourth-order valence-corrected chi connectivity index (χ4v) is 2.12. The molecule has 0 unspecified atom stereocenters. The summed E-state index contributed by atoms with van der Waals surface area (Å²) in [5, 5.41) is 17.4. The number of thiazole rings is 1. The number of rotatable bonds is 4. The largest absolute Gasteiger partial charge is 0.477 e. The Morgan fingerprint density at radius 2 is 2.33 bits per heavy atom. The van der Waals surface area contributed by atoms with Crippen LogP contribution in [0.1, 0.15) is 33.0 Å². The minimum Gasteiger partial charge on any atom is -0.477 e. The Hall–Kier alpha value is -2.02. The Morgan fingerprint density at radius 1 is 1.56 bits per heavy atom. The van der Waals surface area contributed by atoms with Gasteiger partial charge in [0.1, 0.15) is 9.88 Å². The Morgan fingerprint density at radius 3 is 2.94 bits per heavy atom. The molecule has 94 valence electrons. The number of aryl methyl sites for hydroxylation is 2. The number of aromatic carboxylic acids is 1. The molecule has 0 radical (unpaired) electrons. The van der Waals surface area contributed by atoms with Crippen LogP contribution in [-0.4, -0.2) is 31.1 Å². The zero-order valence-corrected chi connectivity index (χ0v) is 10.8. The van der Waals surface area contributed by atoms with Crippen molar-refractivity contribution in [2.45, 2.75) is 20.4 Å². The van der Waals surface area contributed by atoms with E-state index in [1.54, 1.807) is 10.8 Å². The van der Waals surface area contributed by atoms with Gasteiger partial charge < -0.3 is 5.11 Å². The monoisotopic (exact) mass is 264 g/mol. The van der Waals surface area contributed by atoms with Crippen LogP contribution < -0.4 is 0 Å². The van der Waals surface area contributed by atoms with Crippen LogP contribution in [0.5, 0.6) is 0 Å². The van der Waals surface area contributed by atoms with Gasteiger partial charge in [0.15, 0.2) is 0 Å². The van der Waals surface area contributed by atoms with Gasteiger partial charge in [0.2, 0.25) is 0 Å². The number of aromatic nitrogens is 4. The van der Waals surface area contributed by atoms with Gasteiger partial charge in [0.25, 0.3) is 0 Å². The number of carboxylic acids is 1. The summed E-state index contributed by atoms with van der Waals surface area (Å²) in [6.45, 7) is 4.60. The molecule has 0 atom stereocenters. The lowest BCUT2D eigenvalue weighted by molar-refractivity contribution is 0.0702. The van der Waals surface area contributed by atoms with Crippen LogP contribution in [0, 0.1) is 6.92 Å². The molecule has 2 heterocycles. The summed E-state index contributed by atoms with van der Waals surface area (Å²) >= 11 is 1.13. The molecule has 2 rings (SSSR count). The standard InChI is InChI=1S/C11H12N4O2S/c1-3-15-8(7(2)13-14-15)4-5-10-12-6-9(18-10)11(16)17/h4-6H,3H2,1-2H3,(H,16,17). The van der Waals surface area contributed by atoms with Crippen LogP contribution in [0.25, 0.3) is 12.2 Å². The van der Waals surface area contributed by atoms with E-state index in [2.05, 4.69) is 15.3 Å². The molecule has 0 aliphatic heterocycles. The van der Waals surface area contributed by atoms with Crippen LogP contribution in [-0.2, 0) is 6.54 Å². The zero-order valence-electron chi connectivity index (χ0n) is 9.99. The van der Waals surface area contributed by atoms with Crippen molar-refractivity contribution in [2.75, 3.05) is 0 Å².